The van der Waals surface area contributed by atoms with Gasteiger partial charge in [-0.3, -0.25) is 9.78 Å². The average molecular weight is 298 g/mol. The van der Waals surface area contributed by atoms with Gasteiger partial charge in [0.1, 0.15) is 5.69 Å². The lowest BCUT2D eigenvalue weighted by Crippen LogP contribution is -2.14. The van der Waals surface area contributed by atoms with Crippen molar-refractivity contribution in [2.45, 2.75) is 19.8 Å². The number of esters is 1. The third-order valence-electron chi connectivity index (χ3n) is 3.23. The zero-order chi connectivity index (χ0) is 16.1. The molecule has 2 aromatic rings. The Labute approximate surface area is 129 Å². The molecule has 1 heterocycles. The molecule has 0 radical (unpaired) electrons. The molecule has 0 atom stereocenters. The number of carbonyl (C=O) groups excluding carboxylic acids is 2. The molecular formula is C17H18N2O3. The molecule has 0 fully saturated rings. The minimum Gasteiger partial charge on any atom is -0.465 e. The number of aromatic nitrogens is 1. The van der Waals surface area contributed by atoms with E-state index in [9.17, 15) is 9.59 Å². The van der Waals surface area contributed by atoms with Gasteiger partial charge in [-0.05, 0) is 35.7 Å². The molecule has 5 heteroatoms. The summed E-state index contributed by atoms with van der Waals surface area (Å²) in [5.74, 6) is -0.421. The Morgan fingerprint density at radius 2 is 1.95 bits per heavy atom. The number of rotatable bonds is 4. The van der Waals surface area contributed by atoms with Crippen LogP contribution in [0.25, 0.3) is 0 Å². The van der Waals surface area contributed by atoms with E-state index in [1.807, 2.05) is 24.3 Å². The zero-order valence-corrected chi connectivity index (χ0v) is 12.8. The number of nitrogens with one attached hydrogen (secondary N) is 1. The number of nitrogens with zero attached hydrogens (tertiary/aromatic N) is 1. The molecule has 0 aliphatic carbocycles. The third kappa shape index (κ3) is 3.69. The van der Waals surface area contributed by atoms with Crippen LogP contribution in [-0.4, -0.2) is 24.0 Å². The molecule has 0 saturated carbocycles. The zero-order valence-electron chi connectivity index (χ0n) is 12.8. The monoisotopic (exact) mass is 298 g/mol. The molecule has 0 bridgehead atoms. The maximum absolute atomic E-state index is 12.2. The lowest BCUT2D eigenvalue weighted by Gasteiger charge is -2.09. The SMILES string of the molecule is COC(=O)c1ccc(C(=O)Nc2cccc(C(C)C)c2)nc1. The van der Waals surface area contributed by atoms with E-state index < -0.39 is 5.97 Å². The first-order valence-corrected chi connectivity index (χ1v) is 6.97. The van der Waals surface area contributed by atoms with Gasteiger partial charge in [-0.1, -0.05) is 26.0 Å². The third-order valence-corrected chi connectivity index (χ3v) is 3.23. The van der Waals surface area contributed by atoms with Crippen molar-refractivity contribution < 1.29 is 14.3 Å². The number of pyridine rings is 1. The Hall–Kier alpha value is -2.69. The molecule has 0 unspecified atom stereocenters. The molecule has 1 aromatic heterocycles. The molecule has 0 aliphatic heterocycles. The van der Waals surface area contributed by atoms with Gasteiger partial charge in [-0.2, -0.15) is 0 Å². The molecule has 1 amide bonds. The first-order chi connectivity index (χ1) is 10.5. The molecule has 0 saturated heterocycles. The molecule has 0 aliphatic rings. The maximum atomic E-state index is 12.2. The highest BCUT2D eigenvalue weighted by Crippen LogP contribution is 2.19. The van der Waals surface area contributed by atoms with E-state index in [0.29, 0.717) is 11.5 Å². The van der Waals surface area contributed by atoms with Crippen molar-refractivity contribution in [2.24, 2.45) is 0 Å². The molecule has 114 valence electrons. The van der Waals surface area contributed by atoms with Crippen LogP contribution >= 0.6 is 0 Å². The second-order valence-electron chi connectivity index (χ2n) is 5.16. The van der Waals surface area contributed by atoms with Crippen LogP contribution in [0.15, 0.2) is 42.6 Å². The van der Waals surface area contributed by atoms with Crippen LogP contribution in [0.3, 0.4) is 0 Å². The Bertz CT molecular complexity index is 679. The van der Waals surface area contributed by atoms with Gasteiger partial charge in [0.15, 0.2) is 0 Å². The summed E-state index contributed by atoms with van der Waals surface area (Å²) in [5.41, 5.74) is 2.41. The Morgan fingerprint density at radius 3 is 2.55 bits per heavy atom. The quantitative estimate of drug-likeness (QED) is 0.880. The van der Waals surface area contributed by atoms with Gasteiger partial charge in [-0.15, -0.1) is 0 Å². The summed E-state index contributed by atoms with van der Waals surface area (Å²) >= 11 is 0. The summed E-state index contributed by atoms with van der Waals surface area (Å²) in [6, 6.07) is 10.7. The van der Waals surface area contributed by atoms with Gasteiger partial charge in [0.05, 0.1) is 12.7 Å². The number of hydrogen-bond donors (Lipinski definition) is 1. The van der Waals surface area contributed by atoms with Crippen LogP contribution in [0.1, 0.15) is 46.2 Å². The number of benzene rings is 1. The van der Waals surface area contributed by atoms with Crippen LogP contribution in [0, 0.1) is 0 Å². The van der Waals surface area contributed by atoms with Crippen LogP contribution in [0.5, 0.6) is 0 Å². The number of amides is 1. The molecule has 0 spiro atoms. The summed E-state index contributed by atoms with van der Waals surface area (Å²) in [4.78, 5) is 27.5. The van der Waals surface area contributed by atoms with Crippen LogP contribution < -0.4 is 5.32 Å². The molecule has 22 heavy (non-hydrogen) atoms. The second kappa shape index (κ2) is 6.85. The predicted octanol–water partition coefficient (Wildman–Crippen LogP) is 3.24. The van der Waals surface area contributed by atoms with Crippen LogP contribution in [-0.2, 0) is 4.74 Å². The fourth-order valence-electron chi connectivity index (χ4n) is 1.94. The van der Waals surface area contributed by atoms with Crippen molar-refractivity contribution in [3.05, 3.63) is 59.4 Å². The number of ether oxygens (including phenoxy) is 1. The minimum absolute atomic E-state index is 0.239. The van der Waals surface area contributed by atoms with E-state index in [0.717, 1.165) is 11.3 Å². The van der Waals surface area contributed by atoms with Crippen LogP contribution in [0.4, 0.5) is 5.69 Å². The fourth-order valence-corrected chi connectivity index (χ4v) is 1.94. The normalized spacial score (nSPS) is 10.4. The lowest BCUT2D eigenvalue weighted by atomic mass is 10.0. The van der Waals surface area contributed by atoms with Crippen molar-refractivity contribution in [3.63, 3.8) is 0 Å². The smallest absolute Gasteiger partial charge is 0.339 e. The molecular weight excluding hydrogens is 280 g/mol. The van der Waals surface area contributed by atoms with Gasteiger partial charge in [-0.25, -0.2) is 4.79 Å². The minimum atomic E-state index is -0.482. The molecule has 1 N–H and O–H groups in total. The highest BCUT2D eigenvalue weighted by Gasteiger charge is 2.11. The maximum Gasteiger partial charge on any atom is 0.339 e. The van der Waals surface area contributed by atoms with Crippen LogP contribution in [0.2, 0.25) is 0 Å². The van der Waals surface area contributed by atoms with E-state index >= 15 is 0 Å². The van der Waals surface area contributed by atoms with Crippen molar-refractivity contribution in [3.8, 4) is 0 Å². The predicted molar refractivity (Wildman–Crippen MR) is 84.1 cm³/mol. The van der Waals surface area contributed by atoms with E-state index in [1.165, 1.54) is 25.4 Å². The van der Waals surface area contributed by atoms with Gasteiger partial charge in [0.2, 0.25) is 0 Å². The largest absolute Gasteiger partial charge is 0.465 e. The summed E-state index contributed by atoms with van der Waals surface area (Å²) < 4.78 is 4.59. The van der Waals surface area contributed by atoms with Crippen molar-refractivity contribution in [1.29, 1.82) is 0 Å². The highest BCUT2D eigenvalue weighted by molar-refractivity contribution is 6.03. The second-order valence-corrected chi connectivity index (χ2v) is 5.16. The summed E-state index contributed by atoms with van der Waals surface area (Å²) in [7, 11) is 1.30. The topological polar surface area (TPSA) is 68.3 Å². The molecule has 2 rings (SSSR count). The van der Waals surface area contributed by atoms with Gasteiger partial charge < -0.3 is 10.1 Å². The lowest BCUT2D eigenvalue weighted by molar-refractivity contribution is 0.0600. The van der Waals surface area contributed by atoms with Crippen molar-refractivity contribution in [2.75, 3.05) is 12.4 Å². The Morgan fingerprint density at radius 1 is 1.18 bits per heavy atom. The first kappa shape index (κ1) is 15.7. The summed E-state index contributed by atoms with van der Waals surface area (Å²) in [6.07, 6.45) is 1.32. The number of hydrogen-bond acceptors (Lipinski definition) is 4. The Balaban J connectivity index is 2.12. The van der Waals surface area contributed by atoms with E-state index in [1.54, 1.807) is 0 Å². The first-order valence-electron chi connectivity index (χ1n) is 6.97. The number of carbonyl (C=O) groups is 2. The van der Waals surface area contributed by atoms with E-state index in [4.69, 9.17) is 0 Å². The van der Waals surface area contributed by atoms with Gasteiger partial charge in [0, 0.05) is 11.9 Å². The highest BCUT2D eigenvalue weighted by atomic mass is 16.5. The standard InChI is InChI=1S/C17H18N2O3/c1-11(2)12-5-4-6-14(9-12)19-16(20)15-8-7-13(10-18-15)17(21)22-3/h4-11H,1-3H3,(H,19,20). The van der Waals surface area contributed by atoms with Gasteiger partial charge >= 0.3 is 5.97 Å². The summed E-state index contributed by atoms with van der Waals surface area (Å²) in [6.45, 7) is 4.18. The Kier molecular flexibility index (Phi) is 4.88. The number of anilines is 1. The fraction of sp³-hybridized carbons (Fsp3) is 0.235. The van der Waals surface area contributed by atoms with E-state index in [2.05, 4.69) is 28.9 Å². The van der Waals surface area contributed by atoms with Gasteiger partial charge in [0.25, 0.3) is 5.91 Å². The number of methoxy groups -OCH3 is 1. The molecule has 5 nitrogen and oxygen atoms in total. The van der Waals surface area contributed by atoms with E-state index in [-0.39, 0.29) is 11.6 Å². The summed E-state index contributed by atoms with van der Waals surface area (Å²) in [5, 5.41) is 2.80. The average Bonchev–Trinajstić information content (AvgIpc) is 2.54. The molecule has 1 aromatic carbocycles. The van der Waals surface area contributed by atoms with Crippen molar-refractivity contribution >= 4 is 17.6 Å². The van der Waals surface area contributed by atoms with Crippen molar-refractivity contribution in [1.82, 2.24) is 4.98 Å².